The zero-order valence-corrected chi connectivity index (χ0v) is 20.2. The number of aliphatic hydroxyl groups excluding tert-OH is 1. The van der Waals surface area contributed by atoms with Gasteiger partial charge in [-0.25, -0.2) is 8.78 Å². The first-order valence-electron chi connectivity index (χ1n) is 11.6. The summed E-state index contributed by atoms with van der Waals surface area (Å²) in [6.07, 6.45) is -0.858. The van der Waals surface area contributed by atoms with E-state index in [4.69, 9.17) is 16.3 Å². The minimum atomic E-state index is -0.976. The van der Waals surface area contributed by atoms with E-state index in [1.54, 1.807) is 12.1 Å². The Morgan fingerprint density at radius 2 is 1.97 bits per heavy atom. The van der Waals surface area contributed by atoms with Gasteiger partial charge in [-0.3, -0.25) is 9.59 Å². The van der Waals surface area contributed by atoms with Crippen LogP contribution in [0.2, 0.25) is 5.02 Å². The van der Waals surface area contributed by atoms with Crippen LogP contribution in [-0.4, -0.2) is 60.3 Å². The highest BCUT2D eigenvalue weighted by Gasteiger charge is 2.42. The second kappa shape index (κ2) is 10.5. The van der Waals surface area contributed by atoms with E-state index >= 15 is 0 Å². The molecule has 2 amide bonds. The minimum absolute atomic E-state index is 0.0163. The largest absolute Gasteiger partial charge is 0.391 e. The van der Waals surface area contributed by atoms with Gasteiger partial charge in [0, 0.05) is 36.7 Å². The Balaban J connectivity index is 1.61. The highest BCUT2D eigenvalue weighted by atomic mass is 35.5. The fourth-order valence-corrected chi connectivity index (χ4v) is 4.69. The molecule has 7 nitrogen and oxygen atoms in total. The Hall–Kier alpha value is -2.75. The predicted molar refractivity (Wildman–Crippen MR) is 127 cm³/mol. The molecule has 0 saturated carbocycles. The van der Waals surface area contributed by atoms with Crippen LogP contribution < -0.4 is 10.6 Å². The van der Waals surface area contributed by atoms with Crippen LogP contribution in [0.5, 0.6) is 0 Å². The van der Waals surface area contributed by atoms with Crippen LogP contribution in [0.1, 0.15) is 40.9 Å². The first-order valence-corrected chi connectivity index (χ1v) is 11.9. The molecule has 2 aromatic rings. The van der Waals surface area contributed by atoms with E-state index in [0.717, 1.165) is 17.7 Å². The molecular weight excluding hydrogens is 480 g/mol. The molecule has 10 heteroatoms. The van der Waals surface area contributed by atoms with Gasteiger partial charge in [0.25, 0.3) is 5.91 Å². The Morgan fingerprint density at radius 3 is 2.63 bits per heavy atom. The molecule has 2 aliphatic rings. The quantitative estimate of drug-likeness (QED) is 0.499. The summed E-state index contributed by atoms with van der Waals surface area (Å²) in [5, 5.41) is 15.9. The van der Waals surface area contributed by atoms with Crippen LogP contribution >= 0.6 is 11.6 Å². The first kappa shape index (κ1) is 25.3. The van der Waals surface area contributed by atoms with E-state index in [1.165, 1.54) is 4.90 Å². The summed E-state index contributed by atoms with van der Waals surface area (Å²) >= 11 is 5.70. The lowest BCUT2D eigenvalue weighted by Gasteiger charge is -2.36. The zero-order valence-electron chi connectivity index (χ0n) is 19.5. The van der Waals surface area contributed by atoms with Crippen molar-refractivity contribution in [3.63, 3.8) is 0 Å². The Bertz CT molecular complexity index is 1130. The maximum Gasteiger partial charge on any atom is 0.256 e. The number of aliphatic hydroxyl groups is 1. The van der Waals surface area contributed by atoms with Crippen LogP contribution in [0.4, 0.5) is 14.5 Å². The number of ether oxygens (including phenoxy) is 1. The van der Waals surface area contributed by atoms with Gasteiger partial charge in [-0.05, 0) is 38.1 Å². The number of nitrogens with zero attached hydrogens (tertiary/aromatic N) is 1. The van der Waals surface area contributed by atoms with Crippen LogP contribution in [0, 0.1) is 24.5 Å². The molecule has 0 aromatic heterocycles. The number of nitrogens with one attached hydrogen (secondary N) is 2. The third-order valence-corrected chi connectivity index (χ3v) is 6.71. The summed E-state index contributed by atoms with van der Waals surface area (Å²) in [5.41, 5.74) is 1.86. The highest BCUT2D eigenvalue weighted by Crippen LogP contribution is 2.33. The van der Waals surface area contributed by atoms with Gasteiger partial charge in [-0.1, -0.05) is 23.2 Å². The number of likely N-dealkylation sites (tertiary alicyclic amines) is 1. The molecule has 0 radical (unpaired) electrons. The average Bonchev–Trinajstić information content (AvgIpc) is 3.17. The molecule has 0 bridgehead atoms. The molecule has 188 valence electrons. The van der Waals surface area contributed by atoms with Gasteiger partial charge >= 0.3 is 0 Å². The summed E-state index contributed by atoms with van der Waals surface area (Å²) in [6, 6.07) is 5.41. The number of rotatable bonds is 7. The van der Waals surface area contributed by atoms with Crippen LogP contribution in [-0.2, 0) is 9.53 Å². The number of β-amino-alcohol motifs (C(OH)–C–C–N with tert-alkyl or cyclic N) is 1. The second-order valence-electron chi connectivity index (χ2n) is 9.01. The van der Waals surface area contributed by atoms with Crippen molar-refractivity contribution in [2.45, 2.75) is 38.5 Å². The molecule has 3 atom stereocenters. The number of hydrogen-bond acceptors (Lipinski definition) is 5. The molecule has 0 spiro atoms. The normalized spacial score (nSPS) is 20.9. The van der Waals surface area contributed by atoms with Gasteiger partial charge in [-0.15, -0.1) is 0 Å². The summed E-state index contributed by atoms with van der Waals surface area (Å²) in [7, 11) is 0. The minimum Gasteiger partial charge on any atom is -0.391 e. The second-order valence-corrected chi connectivity index (χ2v) is 9.42. The van der Waals surface area contributed by atoms with Crippen molar-refractivity contribution in [1.82, 2.24) is 10.2 Å². The topological polar surface area (TPSA) is 90.9 Å². The Labute approximate surface area is 207 Å². The van der Waals surface area contributed by atoms with Crippen molar-refractivity contribution in [2.75, 3.05) is 31.6 Å². The van der Waals surface area contributed by atoms with Gasteiger partial charge < -0.3 is 25.4 Å². The summed E-state index contributed by atoms with van der Waals surface area (Å²) in [4.78, 5) is 28.2. The maximum absolute atomic E-state index is 14.7. The van der Waals surface area contributed by atoms with Crippen molar-refractivity contribution in [3.8, 4) is 0 Å². The van der Waals surface area contributed by atoms with Crippen molar-refractivity contribution < 1.29 is 28.2 Å². The van der Waals surface area contributed by atoms with Gasteiger partial charge in [0.1, 0.15) is 17.7 Å². The number of amides is 2. The maximum atomic E-state index is 14.7. The van der Waals surface area contributed by atoms with E-state index in [1.807, 2.05) is 19.9 Å². The molecule has 0 unspecified atom stereocenters. The first-order chi connectivity index (χ1) is 16.7. The number of hydrogen-bond donors (Lipinski definition) is 3. The van der Waals surface area contributed by atoms with E-state index in [2.05, 4.69) is 10.6 Å². The molecular formula is C25H28ClF2N3O4. The van der Waals surface area contributed by atoms with Gasteiger partial charge in [0.2, 0.25) is 5.91 Å². The summed E-state index contributed by atoms with van der Waals surface area (Å²) in [5.74, 6) is -2.77. The van der Waals surface area contributed by atoms with Gasteiger partial charge in [0.05, 0.1) is 35.9 Å². The van der Waals surface area contributed by atoms with Crippen LogP contribution in [0.3, 0.4) is 0 Å². The molecule has 35 heavy (non-hydrogen) atoms. The van der Waals surface area contributed by atoms with E-state index in [9.17, 15) is 23.5 Å². The SMILES string of the molecule is CCNc1ccc(C)cc1C(=O)N1C[C@@H](O)C[C@@H]1C(=O)N[C@@H](c1cc(F)c(Cl)cc1F)C1COC1. The molecule has 2 saturated heterocycles. The number of anilines is 1. The number of carbonyl (C=O) groups excluding carboxylic acids is 2. The molecule has 3 N–H and O–H groups in total. The fraction of sp³-hybridized carbons (Fsp3) is 0.440. The molecule has 4 rings (SSSR count). The molecule has 2 aliphatic heterocycles. The fourth-order valence-electron chi connectivity index (χ4n) is 4.54. The number of aryl methyl sites for hydroxylation is 1. The van der Waals surface area contributed by atoms with E-state index in [0.29, 0.717) is 17.8 Å². The summed E-state index contributed by atoms with van der Waals surface area (Å²) < 4.78 is 34.1. The third kappa shape index (κ3) is 5.27. The number of benzene rings is 2. The van der Waals surface area contributed by atoms with E-state index < -0.39 is 41.6 Å². The lowest BCUT2D eigenvalue weighted by molar-refractivity contribution is -0.128. The standard InChI is InChI=1S/C25H28ClF2N3O4/c1-3-29-21-5-4-13(2)6-17(21)25(34)31-10-15(32)7-22(31)24(33)30-23(14-11-35-12-14)16-8-20(28)18(26)9-19(16)27/h4-6,8-9,14-15,22-23,29,32H,3,7,10-12H2,1-2H3,(H,30,33)/t15-,22+,23+/m0/s1. The number of carbonyl (C=O) groups is 2. The van der Waals surface area contributed by atoms with Gasteiger partial charge in [0.15, 0.2) is 0 Å². The Morgan fingerprint density at radius 1 is 1.23 bits per heavy atom. The zero-order chi connectivity index (χ0) is 25.3. The van der Waals surface area contributed by atoms with Crippen molar-refractivity contribution in [1.29, 1.82) is 0 Å². The van der Waals surface area contributed by atoms with Crippen molar-refractivity contribution in [2.24, 2.45) is 5.92 Å². The monoisotopic (exact) mass is 507 g/mol. The lowest BCUT2D eigenvalue weighted by Crippen LogP contribution is -2.50. The average molecular weight is 508 g/mol. The smallest absolute Gasteiger partial charge is 0.256 e. The number of halogens is 3. The van der Waals surface area contributed by atoms with Crippen LogP contribution in [0.25, 0.3) is 0 Å². The molecule has 0 aliphatic carbocycles. The van der Waals surface area contributed by atoms with E-state index in [-0.39, 0.29) is 42.7 Å². The third-order valence-electron chi connectivity index (χ3n) is 6.42. The molecule has 2 aromatic carbocycles. The lowest BCUT2D eigenvalue weighted by atomic mass is 9.90. The van der Waals surface area contributed by atoms with Crippen molar-refractivity contribution in [3.05, 3.63) is 63.7 Å². The predicted octanol–water partition coefficient (Wildman–Crippen LogP) is 3.44. The summed E-state index contributed by atoms with van der Waals surface area (Å²) in [6.45, 7) is 4.88. The molecule has 2 heterocycles. The highest BCUT2D eigenvalue weighted by molar-refractivity contribution is 6.30. The Kier molecular flexibility index (Phi) is 7.59. The van der Waals surface area contributed by atoms with Gasteiger partial charge in [-0.2, -0.15) is 0 Å². The van der Waals surface area contributed by atoms with Crippen LogP contribution in [0.15, 0.2) is 30.3 Å². The van der Waals surface area contributed by atoms with Crippen molar-refractivity contribution >= 4 is 29.1 Å². The molecule has 2 fully saturated rings.